The van der Waals surface area contributed by atoms with E-state index in [9.17, 15) is 14.9 Å². The second-order valence-corrected chi connectivity index (χ2v) is 8.99. The summed E-state index contributed by atoms with van der Waals surface area (Å²) in [6, 6.07) is 3.85. The SMILES string of the molecule is [2H]Cn1cc(-c2cc3c(N[C@@H]4CN(C(=O)C(C)(C)C#N)C[C@@H]4CC)c(C(N)=O)cnn3c2)cn1. The summed E-state index contributed by atoms with van der Waals surface area (Å²) in [6.45, 7) is 6.25. The molecule has 3 aromatic rings. The van der Waals surface area contributed by atoms with Crippen molar-refractivity contribution in [3.63, 3.8) is 0 Å². The van der Waals surface area contributed by atoms with Gasteiger partial charge in [0.05, 0.1) is 35.2 Å². The molecule has 3 aromatic heterocycles. The Morgan fingerprint density at radius 1 is 1.30 bits per heavy atom. The summed E-state index contributed by atoms with van der Waals surface area (Å²) >= 11 is 0. The van der Waals surface area contributed by atoms with Crippen LogP contribution in [0.2, 0.25) is 0 Å². The molecule has 2 amide bonds. The van der Waals surface area contributed by atoms with Gasteiger partial charge in [-0.1, -0.05) is 6.92 Å². The van der Waals surface area contributed by atoms with Crippen LogP contribution >= 0.6 is 0 Å². The molecule has 4 heterocycles. The number of fused-ring (bicyclic) bond motifs is 1. The van der Waals surface area contributed by atoms with Crippen LogP contribution in [-0.4, -0.2) is 55.2 Å². The van der Waals surface area contributed by atoms with E-state index in [0.717, 1.165) is 17.5 Å². The average Bonchev–Trinajstić information content (AvgIpc) is 3.55. The Bertz CT molecular complexity index is 1290. The molecule has 0 bridgehead atoms. The molecule has 3 N–H and O–H groups in total. The van der Waals surface area contributed by atoms with Crippen LogP contribution in [0.25, 0.3) is 16.6 Å². The maximum Gasteiger partial charge on any atom is 0.252 e. The molecule has 10 heteroatoms. The number of carbonyl (C=O) groups is 2. The molecule has 172 valence electrons. The fourth-order valence-corrected chi connectivity index (χ4v) is 4.31. The van der Waals surface area contributed by atoms with Gasteiger partial charge in [-0.25, -0.2) is 4.52 Å². The molecule has 1 aliphatic heterocycles. The summed E-state index contributed by atoms with van der Waals surface area (Å²) in [5, 5.41) is 21.4. The number of primary amides is 1. The molecule has 2 atom stereocenters. The summed E-state index contributed by atoms with van der Waals surface area (Å²) in [4.78, 5) is 26.9. The van der Waals surface area contributed by atoms with Crippen molar-refractivity contribution >= 4 is 23.0 Å². The second kappa shape index (κ2) is 8.24. The van der Waals surface area contributed by atoms with Crippen molar-refractivity contribution < 1.29 is 11.0 Å². The molecule has 10 nitrogen and oxygen atoms in total. The molecule has 4 rings (SSSR count). The largest absolute Gasteiger partial charge is 0.378 e. The zero-order valence-electron chi connectivity index (χ0n) is 19.9. The third-order valence-corrected chi connectivity index (χ3v) is 6.27. The first-order valence-corrected chi connectivity index (χ1v) is 10.8. The molecule has 0 radical (unpaired) electrons. The van der Waals surface area contributed by atoms with Gasteiger partial charge in [-0.15, -0.1) is 0 Å². The highest BCUT2D eigenvalue weighted by Crippen LogP contribution is 2.32. The van der Waals surface area contributed by atoms with Crippen molar-refractivity contribution in [2.24, 2.45) is 24.1 Å². The van der Waals surface area contributed by atoms with E-state index in [1.807, 2.05) is 12.3 Å². The number of aryl methyl sites for hydroxylation is 1. The highest BCUT2D eigenvalue weighted by molar-refractivity contribution is 6.02. The number of nitriles is 1. The minimum absolute atomic E-state index is 0.0160. The predicted molar refractivity (Wildman–Crippen MR) is 123 cm³/mol. The third kappa shape index (κ3) is 4.02. The summed E-state index contributed by atoms with van der Waals surface area (Å²) in [5.41, 5.74) is 7.72. The Kier molecular flexibility index (Phi) is 5.24. The lowest BCUT2D eigenvalue weighted by molar-refractivity contribution is -0.136. The molecule has 0 spiro atoms. The van der Waals surface area contributed by atoms with Crippen LogP contribution < -0.4 is 11.1 Å². The summed E-state index contributed by atoms with van der Waals surface area (Å²) in [5.74, 6) is -0.673. The normalized spacial score (nSPS) is 18.8. The van der Waals surface area contributed by atoms with Crippen molar-refractivity contribution in [3.8, 4) is 17.2 Å². The number of likely N-dealkylation sites (tertiary alicyclic amines) is 1. The zero-order chi connectivity index (χ0) is 24.6. The number of amides is 2. The van der Waals surface area contributed by atoms with Gasteiger partial charge in [0.1, 0.15) is 5.41 Å². The van der Waals surface area contributed by atoms with E-state index in [0.29, 0.717) is 24.3 Å². The summed E-state index contributed by atoms with van der Waals surface area (Å²) in [7, 11) is 0.0160. The van der Waals surface area contributed by atoms with E-state index >= 15 is 0 Å². The third-order valence-electron chi connectivity index (χ3n) is 6.27. The first-order valence-electron chi connectivity index (χ1n) is 11.5. The van der Waals surface area contributed by atoms with E-state index in [1.54, 1.807) is 35.7 Å². The molecule has 1 fully saturated rings. The Morgan fingerprint density at radius 3 is 2.73 bits per heavy atom. The number of nitrogens with zero attached hydrogens (tertiary/aromatic N) is 6. The summed E-state index contributed by atoms with van der Waals surface area (Å²) in [6.07, 6.45) is 7.53. The van der Waals surface area contributed by atoms with Gasteiger partial charge < -0.3 is 16.0 Å². The van der Waals surface area contributed by atoms with Crippen LogP contribution in [0.15, 0.2) is 30.9 Å². The lowest BCUT2D eigenvalue weighted by Crippen LogP contribution is -2.40. The number of nitrogens with two attached hydrogens (primary N) is 1. The molecule has 0 aromatic carbocycles. The molecule has 0 saturated carbocycles. The van der Waals surface area contributed by atoms with Crippen LogP contribution in [0.5, 0.6) is 0 Å². The van der Waals surface area contributed by atoms with Gasteiger partial charge in [-0.3, -0.25) is 14.3 Å². The highest BCUT2D eigenvalue weighted by Gasteiger charge is 2.40. The van der Waals surface area contributed by atoms with Gasteiger partial charge >= 0.3 is 0 Å². The van der Waals surface area contributed by atoms with Crippen molar-refractivity contribution in [3.05, 3.63) is 36.4 Å². The molecule has 1 aliphatic rings. The maximum atomic E-state index is 12.9. The fraction of sp³-hybridized carbons (Fsp3) is 0.435. The van der Waals surface area contributed by atoms with Crippen molar-refractivity contribution in [1.29, 1.82) is 5.26 Å². The molecule has 1 saturated heterocycles. The van der Waals surface area contributed by atoms with Gasteiger partial charge in [-0.05, 0) is 32.3 Å². The Labute approximate surface area is 193 Å². The van der Waals surface area contributed by atoms with Crippen LogP contribution in [-0.2, 0) is 11.8 Å². The van der Waals surface area contributed by atoms with Gasteiger partial charge in [0.15, 0.2) is 0 Å². The van der Waals surface area contributed by atoms with E-state index < -0.39 is 11.3 Å². The van der Waals surface area contributed by atoms with Gasteiger partial charge in [0.2, 0.25) is 5.91 Å². The van der Waals surface area contributed by atoms with Gasteiger partial charge in [0.25, 0.3) is 5.91 Å². The number of rotatable bonds is 6. The van der Waals surface area contributed by atoms with Crippen molar-refractivity contribution in [2.45, 2.75) is 33.2 Å². The van der Waals surface area contributed by atoms with Crippen LogP contribution in [0.3, 0.4) is 0 Å². The number of nitrogens with one attached hydrogen (secondary N) is 1. The quantitative estimate of drug-likeness (QED) is 0.591. The van der Waals surface area contributed by atoms with E-state index in [1.165, 1.54) is 10.9 Å². The second-order valence-electron chi connectivity index (χ2n) is 8.99. The first-order chi connectivity index (χ1) is 16.2. The Hall–Kier alpha value is -3.87. The topological polar surface area (TPSA) is 134 Å². The summed E-state index contributed by atoms with van der Waals surface area (Å²) < 4.78 is 10.7. The number of anilines is 1. The van der Waals surface area contributed by atoms with Crippen LogP contribution in [0.4, 0.5) is 5.69 Å². The standard InChI is InChI=1S/C23H28N8O2/c1-5-14-10-30(22(33)23(2,3)13-24)12-18(14)28-20-17(21(25)32)8-27-31-11-15(6-19(20)31)16-7-26-29(4)9-16/h6-9,11,14,18,28H,5,10,12H2,1-4H3,(H2,25,32)/t14-,18+/m0/s1/i4D. The highest BCUT2D eigenvalue weighted by atomic mass is 16.2. The van der Waals surface area contributed by atoms with Gasteiger partial charge in [0, 0.05) is 51.0 Å². The molecular weight excluding hydrogens is 420 g/mol. The average molecular weight is 450 g/mol. The maximum absolute atomic E-state index is 12.9. The van der Waals surface area contributed by atoms with Gasteiger partial charge in [-0.2, -0.15) is 15.5 Å². The zero-order valence-corrected chi connectivity index (χ0v) is 18.9. The van der Waals surface area contributed by atoms with E-state index in [4.69, 9.17) is 7.10 Å². The minimum Gasteiger partial charge on any atom is -0.378 e. The molecule has 33 heavy (non-hydrogen) atoms. The van der Waals surface area contributed by atoms with E-state index in [2.05, 4.69) is 28.5 Å². The minimum atomic E-state index is -1.10. The lowest BCUT2D eigenvalue weighted by atomic mass is 9.94. The van der Waals surface area contributed by atoms with Crippen molar-refractivity contribution in [1.82, 2.24) is 24.3 Å². The predicted octanol–water partition coefficient (Wildman–Crippen LogP) is 2.03. The molecule has 0 unspecified atom stereocenters. The number of aromatic nitrogens is 4. The first kappa shape index (κ1) is 21.0. The molecular formula is C23H28N8O2. The number of hydrogen-bond donors (Lipinski definition) is 2. The fourth-order valence-electron chi connectivity index (χ4n) is 4.31. The Morgan fingerprint density at radius 2 is 2.09 bits per heavy atom. The number of carbonyl (C=O) groups excluding carboxylic acids is 2. The number of hydrogen-bond acceptors (Lipinski definition) is 6. The van der Waals surface area contributed by atoms with Crippen molar-refractivity contribution in [2.75, 3.05) is 18.4 Å². The lowest BCUT2D eigenvalue weighted by Gasteiger charge is -2.24. The Balaban J connectivity index is 1.71. The monoisotopic (exact) mass is 449 g/mol. The smallest absolute Gasteiger partial charge is 0.252 e. The molecule has 0 aliphatic carbocycles. The van der Waals surface area contributed by atoms with Crippen LogP contribution in [0, 0.1) is 22.7 Å². The van der Waals surface area contributed by atoms with Crippen LogP contribution in [0.1, 0.15) is 38.9 Å². The van der Waals surface area contributed by atoms with E-state index in [-0.39, 0.29) is 30.5 Å².